The van der Waals surface area contributed by atoms with Crippen molar-refractivity contribution in [3.05, 3.63) is 71.5 Å². The molecule has 0 unspecified atom stereocenters. The summed E-state index contributed by atoms with van der Waals surface area (Å²) in [4.78, 5) is 34.3. The Morgan fingerprint density at radius 1 is 1.00 bits per heavy atom. The number of carbonyl (C=O) groups excluding carboxylic acids is 2. The van der Waals surface area contributed by atoms with Crippen LogP contribution in [0.1, 0.15) is 22.7 Å². The van der Waals surface area contributed by atoms with E-state index < -0.39 is 24.5 Å². The highest BCUT2D eigenvalue weighted by molar-refractivity contribution is 5.81. The molecule has 1 heterocycles. The van der Waals surface area contributed by atoms with Gasteiger partial charge in [-0.15, -0.1) is 5.10 Å². The maximum atomic E-state index is 12.2. The first kappa shape index (κ1) is 21.0. The van der Waals surface area contributed by atoms with E-state index in [1.165, 1.54) is 10.9 Å². The number of carboxylic acid groups (broad SMARTS) is 1. The summed E-state index contributed by atoms with van der Waals surface area (Å²) in [5, 5.41) is 21.1. The van der Waals surface area contributed by atoms with Crippen LogP contribution in [0.25, 0.3) is 11.1 Å². The molecule has 1 aliphatic carbocycles. The molecule has 10 nitrogen and oxygen atoms in total. The van der Waals surface area contributed by atoms with Crippen LogP contribution in [0.2, 0.25) is 0 Å². The molecule has 32 heavy (non-hydrogen) atoms. The monoisotopic (exact) mass is 435 g/mol. The lowest BCUT2D eigenvalue weighted by Gasteiger charge is -2.14. The van der Waals surface area contributed by atoms with Gasteiger partial charge in [-0.05, 0) is 22.3 Å². The molecule has 3 aromatic rings. The summed E-state index contributed by atoms with van der Waals surface area (Å²) in [6.07, 6.45) is 0.907. The predicted octanol–water partition coefficient (Wildman–Crippen LogP) is 1.52. The van der Waals surface area contributed by atoms with E-state index in [1.54, 1.807) is 0 Å². The molecule has 0 fully saturated rings. The molecule has 4 rings (SSSR count). The lowest BCUT2D eigenvalue weighted by atomic mass is 9.98. The second-order valence-corrected chi connectivity index (χ2v) is 7.26. The average Bonchev–Trinajstić information content (AvgIpc) is 3.37. The van der Waals surface area contributed by atoms with Crippen molar-refractivity contribution in [2.24, 2.45) is 0 Å². The fraction of sp³-hybridized carbons (Fsp3) is 0.227. The van der Waals surface area contributed by atoms with E-state index in [1.807, 2.05) is 36.4 Å². The van der Waals surface area contributed by atoms with Crippen LogP contribution in [0.5, 0.6) is 0 Å². The Morgan fingerprint density at radius 3 is 2.31 bits per heavy atom. The Kier molecular flexibility index (Phi) is 6.11. The number of nitrogens with one attached hydrogen (secondary N) is 2. The summed E-state index contributed by atoms with van der Waals surface area (Å²) in [6, 6.07) is 16.2. The summed E-state index contributed by atoms with van der Waals surface area (Å²) >= 11 is 0. The predicted molar refractivity (Wildman–Crippen MR) is 113 cm³/mol. The van der Waals surface area contributed by atoms with Gasteiger partial charge in [-0.25, -0.2) is 9.48 Å². The Balaban J connectivity index is 1.28. The molecule has 0 saturated carbocycles. The molecular weight excluding hydrogens is 414 g/mol. The van der Waals surface area contributed by atoms with E-state index in [0.29, 0.717) is 5.69 Å². The quantitative estimate of drug-likeness (QED) is 0.488. The number of rotatable bonds is 8. The van der Waals surface area contributed by atoms with Crippen molar-refractivity contribution in [1.29, 1.82) is 0 Å². The number of carboxylic acids is 1. The number of aromatic nitrogens is 3. The first-order valence-electron chi connectivity index (χ1n) is 9.97. The number of aliphatic carboxylic acids is 1. The summed E-state index contributed by atoms with van der Waals surface area (Å²) in [5.74, 6) is -1.67. The molecule has 0 saturated heterocycles. The maximum absolute atomic E-state index is 12.2. The molecule has 2 aromatic carbocycles. The molecule has 0 radical (unpaired) electrons. The number of fused-ring (bicyclic) bond motifs is 3. The largest absolute Gasteiger partial charge is 0.480 e. The van der Waals surface area contributed by atoms with Crippen LogP contribution >= 0.6 is 0 Å². The van der Waals surface area contributed by atoms with Gasteiger partial charge in [0.1, 0.15) is 25.4 Å². The van der Waals surface area contributed by atoms with Crippen molar-refractivity contribution in [1.82, 2.24) is 25.6 Å². The number of alkyl carbamates (subject to hydrolysis) is 1. The van der Waals surface area contributed by atoms with Crippen molar-refractivity contribution in [3.63, 3.8) is 0 Å². The van der Waals surface area contributed by atoms with Gasteiger partial charge in [0.05, 0.1) is 12.7 Å². The molecular formula is C22H21N5O5. The number of benzene rings is 2. The minimum Gasteiger partial charge on any atom is -0.480 e. The van der Waals surface area contributed by atoms with Crippen molar-refractivity contribution in [2.75, 3.05) is 13.2 Å². The van der Waals surface area contributed by atoms with Gasteiger partial charge in [-0.2, -0.15) is 0 Å². The highest BCUT2D eigenvalue weighted by atomic mass is 16.5. The van der Waals surface area contributed by atoms with Crippen molar-refractivity contribution < 1.29 is 24.2 Å². The summed E-state index contributed by atoms with van der Waals surface area (Å²) in [7, 11) is 0. The summed E-state index contributed by atoms with van der Waals surface area (Å²) in [6.45, 7) is -0.362. The normalized spacial score (nSPS) is 12.0. The first-order valence-corrected chi connectivity index (χ1v) is 9.97. The third kappa shape index (κ3) is 4.75. The molecule has 0 spiro atoms. The van der Waals surface area contributed by atoms with E-state index in [4.69, 9.17) is 9.84 Å². The fourth-order valence-electron chi connectivity index (χ4n) is 3.69. The topological polar surface area (TPSA) is 135 Å². The highest BCUT2D eigenvalue weighted by Gasteiger charge is 2.28. The van der Waals surface area contributed by atoms with Crippen molar-refractivity contribution in [2.45, 2.75) is 19.0 Å². The fourth-order valence-corrected chi connectivity index (χ4v) is 3.69. The number of hydrogen-bond acceptors (Lipinski definition) is 6. The molecule has 0 aliphatic heterocycles. The van der Waals surface area contributed by atoms with Crippen LogP contribution in [0.3, 0.4) is 0 Å². The Bertz CT molecular complexity index is 1110. The molecule has 1 aromatic heterocycles. The number of ether oxygens (including phenoxy) is 1. The zero-order valence-corrected chi connectivity index (χ0v) is 17.0. The third-order valence-electron chi connectivity index (χ3n) is 5.09. The number of amides is 2. The molecule has 10 heteroatoms. The number of carbonyl (C=O) groups is 3. The van der Waals surface area contributed by atoms with Gasteiger partial charge >= 0.3 is 12.1 Å². The minimum atomic E-state index is -1.13. The van der Waals surface area contributed by atoms with Gasteiger partial charge in [-0.3, -0.25) is 9.59 Å². The number of nitrogens with zero attached hydrogens (tertiary/aromatic N) is 3. The molecule has 2 amide bonds. The van der Waals surface area contributed by atoms with Gasteiger partial charge < -0.3 is 20.5 Å². The van der Waals surface area contributed by atoms with E-state index in [9.17, 15) is 14.4 Å². The van der Waals surface area contributed by atoms with E-state index >= 15 is 0 Å². The summed E-state index contributed by atoms with van der Waals surface area (Å²) < 4.78 is 6.72. The zero-order chi connectivity index (χ0) is 22.5. The second kappa shape index (κ2) is 9.29. The van der Waals surface area contributed by atoms with Crippen LogP contribution in [-0.4, -0.2) is 51.2 Å². The zero-order valence-electron chi connectivity index (χ0n) is 17.0. The van der Waals surface area contributed by atoms with Crippen LogP contribution in [0.4, 0.5) is 4.79 Å². The van der Waals surface area contributed by atoms with E-state index in [0.717, 1.165) is 22.3 Å². The maximum Gasteiger partial charge on any atom is 0.407 e. The SMILES string of the molecule is O=C(O)CNC(=O)Cn1cc(CNC(=O)OCC2c3ccccc3-c3ccccc32)nn1. The van der Waals surface area contributed by atoms with Crippen LogP contribution in [0, 0.1) is 0 Å². The lowest BCUT2D eigenvalue weighted by molar-refractivity contribution is -0.138. The average molecular weight is 435 g/mol. The van der Waals surface area contributed by atoms with E-state index in [2.05, 4.69) is 33.1 Å². The molecule has 1 aliphatic rings. The van der Waals surface area contributed by atoms with Crippen LogP contribution in [-0.2, 0) is 27.4 Å². The van der Waals surface area contributed by atoms with Gasteiger partial charge in [-0.1, -0.05) is 53.7 Å². The van der Waals surface area contributed by atoms with E-state index in [-0.39, 0.29) is 25.6 Å². The molecule has 3 N–H and O–H groups in total. The summed E-state index contributed by atoms with van der Waals surface area (Å²) in [5.41, 5.74) is 5.00. The first-order chi connectivity index (χ1) is 15.5. The molecule has 164 valence electrons. The van der Waals surface area contributed by atoms with Gasteiger partial charge in [0, 0.05) is 5.92 Å². The van der Waals surface area contributed by atoms with Crippen molar-refractivity contribution >= 4 is 18.0 Å². The second-order valence-electron chi connectivity index (χ2n) is 7.26. The minimum absolute atomic E-state index is 0.0293. The Morgan fingerprint density at radius 2 is 1.66 bits per heavy atom. The molecule has 0 bridgehead atoms. The van der Waals surface area contributed by atoms with Crippen LogP contribution in [0.15, 0.2) is 54.7 Å². The molecule has 0 atom stereocenters. The Labute approximate surface area is 183 Å². The van der Waals surface area contributed by atoms with Gasteiger partial charge in [0.15, 0.2) is 0 Å². The van der Waals surface area contributed by atoms with Crippen molar-refractivity contribution in [3.8, 4) is 11.1 Å². The number of hydrogen-bond donors (Lipinski definition) is 3. The standard InChI is InChI=1S/C22H21N5O5/c28-20(23-10-21(29)30)12-27-11-14(25-26-27)9-24-22(31)32-13-19-17-7-3-1-5-15(17)16-6-2-4-8-18(16)19/h1-8,11,19H,9-10,12-13H2,(H,23,28)(H,24,31)(H,29,30). The lowest BCUT2D eigenvalue weighted by Crippen LogP contribution is -2.32. The Hall–Kier alpha value is -4.21. The van der Waals surface area contributed by atoms with Gasteiger partial charge in [0.25, 0.3) is 0 Å². The van der Waals surface area contributed by atoms with Crippen LogP contribution < -0.4 is 10.6 Å². The van der Waals surface area contributed by atoms with Gasteiger partial charge in [0.2, 0.25) is 5.91 Å². The smallest absolute Gasteiger partial charge is 0.407 e. The highest BCUT2D eigenvalue weighted by Crippen LogP contribution is 2.44. The third-order valence-corrected chi connectivity index (χ3v) is 5.09.